The molecule has 1 N–H and O–H groups in total. The number of carbonyl (C=O) groups excluding carboxylic acids is 1. The highest BCUT2D eigenvalue weighted by molar-refractivity contribution is 5.78. The van der Waals surface area contributed by atoms with Gasteiger partial charge in [0.05, 0.1) is 13.7 Å². The standard InChI is InChI=1S/C21H26N2O2/c1-25-20-9-7-17(8-10-20)11-13-22-21(24)16-23-14-12-19(15-23)18-5-3-2-4-6-18/h2-10,19H,11-16H2,1H3,(H,22,24). The molecule has 0 saturated carbocycles. The fourth-order valence-electron chi connectivity index (χ4n) is 3.37. The van der Waals surface area contributed by atoms with Crippen LogP contribution in [0.25, 0.3) is 0 Å². The Labute approximate surface area is 149 Å². The molecule has 1 unspecified atom stereocenters. The molecule has 4 heteroatoms. The molecule has 0 spiro atoms. The number of hydrogen-bond acceptors (Lipinski definition) is 3. The molecule has 0 radical (unpaired) electrons. The van der Waals surface area contributed by atoms with E-state index in [1.165, 1.54) is 11.1 Å². The van der Waals surface area contributed by atoms with Crippen LogP contribution in [0, 0.1) is 0 Å². The van der Waals surface area contributed by atoms with Crippen molar-refractivity contribution in [1.29, 1.82) is 0 Å². The number of amides is 1. The number of carbonyl (C=O) groups is 1. The molecule has 3 rings (SSSR count). The topological polar surface area (TPSA) is 41.6 Å². The Hall–Kier alpha value is -2.33. The van der Waals surface area contributed by atoms with E-state index < -0.39 is 0 Å². The maximum absolute atomic E-state index is 12.2. The Morgan fingerprint density at radius 1 is 1.16 bits per heavy atom. The van der Waals surface area contributed by atoms with Crippen molar-refractivity contribution < 1.29 is 9.53 Å². The lowest BCUT2D eigenvalue weighted by molar-refractivity contribution is -0.121. The lowest BCUT2D eigenvalue weighted by atomic mass is 9.99. The zero-order valence-electron chi connectivity index (χ0n) is 14.8. The minimum absolute atomic E-state index is 0.113. The molecule has 132 valence electrons. The highest BCUT2D eigenvalue weighted by atomic mass is 16.5. The van der Waals surface area contributed by atoms with Crippen molar-refractivity contribution in [3.63, 3.8) is 0 Å². The molecule has 1 aliphatic rings. The SMILES string of the molecule is COc1ccc(CCNC(=O)CN2CCC(c3ccccc3)C2)cc1. The van der Waals surface area contributed by atoms with Crippen molar-refractivity contribution in [3.05, 3.63) is 65.7 Å². The number of ether oxygens (including phenoxy) is 1. The Balaban J connectivity index is 1.38. The van der Waals surface area contributed by atoms with Crippen molar-refractivity contribution in [2.75, 3.05) is 33.3 Å². The van der Waals surface area contributed by atoms with E-state index in [1.807, 2.05) is 30.3 Å². The number of benzene rings is 2. The molecule has 2 aromatic rings. The fraction of sp³-hybridized carbons (Fsp3) is 0.381. The molecule has 0 aliphatic carbocycles. The fourth-order valence-corrected chi connectivity index (χ4v) is 3.37. The van der Waals surface area contributed by atoms with Gasteiger partial charge in [-0.1, -0.05) is 42.5 Å². The van der Waals surface area contributed by atoms with E-state index in [1.54, 1.807) is 7.11 Å². The minimum atomic E-state index is 0.113. The quantitative estimate of drug-likeness (QED) is 0.844. The van der Waals surface area contributed by atoms with Gasteiger partial charge in [-0.3, -0.25) is 9.69 Å². The van der Waals surface area contributed by atoms with E-state index in [9.17, 15) is 4.79 Å². The van der Waals surface area contributed by atoms with Crippen LogP contribution in [0.1, 0.15) is 23.5 Å². The van der Waals surface area contributed by atoms with Crippen LogP contribution in [-0.4, -0.2) is 44.1 Å². The van der Waals surface area contributed by atoms with Gasteiger partial charge in [0.1, 0.15) is 5.75 Å². The second-order valence-electron chi connectivity index (χ2n) is 6.58. The molecule has 1 amide bonds. The molecule has 4 nitrogen and oxygen atoms in total. The first-order valence-electron chi connectivity index (χ1n) is 8.91. The summed E-state index contributed by atoms with van der Waals surface area (Å²) in [4.78, 5) is 14.4. The largest absolute Gasteiger partial charge is 0.497 e. The van der Waals surface area contributed by atoms with Gasteiger partial charge in [-0.05, 0) is 48.6 Å². The summed E-state index contributed by atoms with van der Waals surface area (Å²) in [7, 11) is 1.66. The normalized spacial score (nSPS) is 17.4. The van der Waals surface area contributed by atoms with Crippen molar-refractivity contribution in [2.45, 2.75) is 18.8 Å². The maximum atomic E-state index is 12.2. The van der Waals surface area contributed by atoms with E-state index >= 15 is 0 Å². The second-order valence-corrected chi connectivity index (χ2v) is 6.58. The third kappa shape index (κ3) is 5.07. The van der Waals surface area contributed by atoms with Crippen LogP contribution in [0.2, 0.25) is 0 Å². The molecule has 1 saturated heterocycles. The van der Waals surface area contributed by atoms with Crippen LogP contribution in [0.3, 0.4) is 0 Å². The summed E-state index contributed by atoms with van der Waals surface area (Å²) in [5.74, 6) is 1.52. The van der Waals surface area contributed by atoms with Crippen LogP contribution < -0.4 is 10.1 Å². The van der Waals surface area contributed by atoms with Crippen LogP contribution >= 0.6 is 0 Å². The molecular formula is C21H26N2O2. The third-order valence-corrected chi connectivity index (χ3v) is 4.81. The van der Waals surface area contributed by atoms with E-state index in [4.69, 9.17) is 4.74 Å². The third-order valence-electron chi connectivity index (χ3n) is 4.81. The van der Waals surface area contributed by atoms with Crippen molar-refractivity contribution in [1.82, 2.24) is 10.2 Å². The van der Waals surface area contributed by atoms with E-state index in [0.29, 0.717) is 19.0 Å². The summed E-state index contributed by atoms with van der Waals surface area (Å²) >= 11 is 0. The number of rotatable bonds is 7. The zero-order valence-corrected chi connectivity index (χ0v) is 14.8. The van der Waals surface area contributed by atoms with Gasteiger partial charge in [-0.15, -0.1) is 0 Å². The minimum Gasteiger partial charge on any atom is -0.497 e. The number of nitrogens with zero attached hydrogens (tertiary/aromatic N) is 1. The van der Waals surface area contributed by atoms with Gasteiger partial charge in [0, 0.05) is 13.1 Å². The van der Waals surface area contributed by atoms with Crippen molar-refractivity contribution >= 4 is 5.91 Å². The number of methoxy groups -OCH3 is 1. The van der Waals surface area contributed by atoms with E-state index in [-0.39, 0.29) is 5.91 Å². The molecule has 2 aromatic carbocycles. The summed E-state index contributed by atoms with van der Waals surface area (Å²) in [6.45, 7) is 3.12. The van der Waals surface area contributed by atoms with E-state index in [0.717, 1.165) is 31.7 Å². The Morgan fingerprint density at radius 2 is 1.92 bits per heavy atom. The Bertz CT molecular complexity index is 670. The van der Waals surface area contributed by atoms with Gasteiger partial charge < -0.3 is 10.1 Å². The average molecular weight is 338 g/mol. The number of hydrogen-bond donors (Lipinski definition) is 1. The molecule has 1 fully saturated rings. The zero-order chi connectivity index (χ0) is 17.5. The first kappa shape index (κ1) is 17.5. The molecule has 0 aromatic heterocycles. The van der Waals surface area contributed by atoms with Crippen LogP contribution in [0.4, 0.5) is 0 Å². The molecular weight excluding hydrogens is 312 g/mol. The maximum Gasteiger partial charge on any atom is 0.234 e. The molecule has 1 atom stereocenters. The highest BCUT2D eigenvalue weighted by Gasteiger charge is 2.24. The van der Waals surface area contributed by atoms with Gasteiger partial charge in [0.25, 0.3) is 0 Å². The van der Waals surface area contributed by atoms with Crippen molar-refractivity contribution in [3.8, 4) is 5.75 Å². The van der Waals surface area contributed by atoms with Crippen LogP contribution in [0.5, 0.6) is 5.75 Å². The summed E-state index contributed by atoms with van der Waals surface area (Å²) in [6, 6.07) is 18.6. The lowest BCUT2D eigenvalue weighted by Gasteiger charge is -2.16. The molecule has 25 heavy (non-hydrogen) atoms. The van der Waals surface area contributed by atoms with Gasteiger partial charge in [0.2, 0.25) is 5.91 Å². The predicted octanol–water partition coefficient (Wildman–Crippen LogP) is 2.84. The summed E-state index contributed by atoms with van der Waals surface area (Å²) < 4.78 is 5.15. The van der Waals surface area contributed by atoms with Gasteiger partial charge in [-0.25, -0.2) is 0 Å². The molecule has 1 aliphatic heterocycles. The summed E-state index contributed by atoms with van der Waals surface area (Å²) in [5.41, 5.74) is 2.58. The van der Waals surface area contributed by atoms with Gasteiger partial charge in [0.15, 0.2) is 0 Å². The smallest absolute Gasteiger partial charge is 0.234 e. The predicted molar refractivity (Wildman–Crippen MR) is 99.9 cm³/mol. The summed E-state index contributed by atoms with van der Waals surface area (Å²) in [5, 5.41) is 3.03. The highest BCUT2D eigenvalue weighted by Crippen LogP contribution is 2.26. The number of nitrogens with one attached hydrogen (secondary N) is 1. The average Bonchev–Trinajstić information content (AvgIpc) is 3.11. The monoisotopic (exact) mass is 338 g/mol. The van der Waals surface area contributed by atoms with Gasteiger partial charge >= 0.3 is 0 Å². The van der Waals surface area contributed by atoms with E-state index in [2.05, 4.69) is 34.5 Å². The van der Waals surface area contributed by atoms with Crippen molar-refractivity contribution in [2.24, 2.45) is 0 Å². The molecule has 1 heterocycles. The first-order valence-corrected chi connectivity index (χ1v) is 8.91. The first-order chi connectivity index (χ1) is 12.2. The number of likely N-dealkylation sites (tertiary alicyclic amines) is 1. The summed E-state index contributed by atoms with van der Waals surface area (Å²) in [6.07, 6.45) is 1.96. The second kappa shape index (κ2) is 8.67. The van der Waals surface area contributed by atoms with Crippen LogP contribution in [0.15, 0.2) is 54.6 Å². The molecule has 0 bridgehead atoms. The Morgan fingerprint density at radius 3 is 2.64 bits per heavy atom. The van der Waals surface area contributed by atoms with Crippen LogP contribution in [-0.2, 0) is 11.2 Å². The Kier molecular flexibility index (Phi) is 6.07. The lowest BCUT2D eigenvalue weighted by Crippen LogP contribution is -2.36. The van der Waals surface area contributed by atoms with Gasteiger partial charge in [-0.2, -0.15) is 0 Å².